The molecule has 132 valence electrons. The van der Waals surface area contributed by atoms with Gasteiger partial charge in [-0.25, -0.2) is 4.79 Å². The van der Waals surface area contributed by atoms with Crippen LogP contribution >= 0.6 is 0 Å². The Balaban J connectivity index is 4.06. The first-order valence-electron chi connectivity index (χ1n) is 8.69. The molecule has 0 aliphatic carbocycles. The Morgan fingerprint density at radius 1 is 1.13 bits per heavy atom. The molecular weight excluding hydrogens is 292 g/mol. The van der Waals surface area contributed by atoms with Crippen molar-refractivity contribution >= 4 is 11.9 Å². The zero-order valence-corrected chi connectivity index (χ0v) is 15.3. The largest absolute Gasteiger partial charge is 0.463 e. The SMILES string of the molecule is CCCCC(C)C=C=C(C)CCCC(=O)OC(C)C(=O)OCC. The van der Waals surface area contributed by atoms with Crippen LogP contribution < -0.4 is 0 Å². The van der Waals surface area contributed by atoms with Gasteiger partial charge in [-0.2, -0.15) is 0 Å². The van der Waals surface area contributed by atoms with Gasteiger partial charge in [-0.1, -0.05) is 26.7 Å². The maximum Gasteiger partial charge on any atom is 0.347 e. The van der Waals surface area contributed by atoms with Gasteiger partial charge in [-0.05, 0) is 57.6 Å². The Kier molecular flexibility index (Phi) is 12.1. The molecule has 0 saturated carbocycles. The van der Waals surface area contributed by atoms with E-state index in [2.05, 4.69) is 25.7 Å². The zero-order valence-electron chi connectivity index (χ0n) is 15.3. The van der Waals surface area contributed by atoms with Gasteiger partial charge in [-0.3, -0.25) is 4.79 Å². The van der Waals surface area contributed by atoms with E-state index in [1.165, 1.54) is 26.2 Å². The third-order valence-corrected chi connectivity index (χ3v) is 3.49. The van der Waals surface area contributed by atoms with Crippen LogP contribution in [0.4, 0.5) is 0 Å². The summed E-state index contributed by atoms with van der Waals surface area (Å²) in [5.41, 5.74) is 4.44. The van der Waals surface area contributed by atoms with E-state index in [-0.39, 0.29) is 12.6 Å². The van der Waals surface area contributed by atoms with Crippen LogP contribution in [0.1, 0.15) is 73.1 Å². The molecule has 0 radical (unpaired) electrons. The molecule has 0 N–H and O–H groups in total. The van der Waals surface area contributed by atoms with Crippen molar-refractivity contribution in [2.75, 3.05) is 6.61 Å². The molecule has 23 heavy (non-hydrogen) atoms. The molecular formula is C19H32O4. The predicted molar refractivity (Wildman–Crippen MR) is 92.0 cm³/mol. The van der Waals surface area contributed by atoms with E-state index < -0.39 is 12.1 Å². The maximum absolute atomic E-state index is 11.7. The number of hydrogen-bond donors (Lipinski definition) is 0. The fourth-order valence-corrected chi connectivity index (χ4v) is 2.03. The van der Waals surface area contributed by atoms with E-state index in [1.54, 1.807) is 6.92 Å². The Bertz CT molecular complexity index is 419. The van der Waals surface area contributed by atoms with Crippen molar-refractivity contribution in [3.63, 3.8) is 0 Å². The molecule has 0 amide bonds. The highest BCUT2D eigenvalue weighted by Gasteiger charge is 2.18. The van der Waals surface area contributed by atoms with Crippen LogP contribution in [0.2, 0.25) is 0 Å². The summed E-state index contributed by atoms with van der Waals surface area (Å²) >= 11 is 0. The highest BCUT2D eigenvalue weighted by atomic mass is 16.6. The molecule has 2 atom stereocenters. The number of hydrogen-bond acceptors (Lipinski definition) is 4. The minimum atomic E-state index is -0.835. The summed E-state index contributed by atoms with van der Waals surface area (Å²) in [5.74, 6) is -0.320. The molecule has 4 nitrogen and oxygen atoms in total. The first kappa shape index (κ1) is 21.5. The number of carbonyl (C=O) groups is 2. The first-order chi connectivity index (χ1) is 10.9. The Hall–Kier alpha value is -1.54. The summed E-state index contributed by atoms with van der Waals surface area (Å²) in [7, 11) is 0. The van der Waals surface area contributed by atoms with Gasteiger partial charge >= 0.3 is 11.9 Å². The molecule has 0 aromatic rings. The Morgan fingerprint density at radius 3 is 2.43 bits per heavy atom. The fourth-order valence-electron chi connectivity index (χ4n) is 2.03. The van der Waals surface area contributed by atoms with Crippen LogP contribution in [0.5, 0.6) is 0 Å². The molecule has 0 fully saturated rings. The molecule has 0 spiro atoms. The van der Waals surface area contributed by atoms with Crippen LogP contribution in [0.15, 0.2) is 17.4 Å². The summed E-state index contributed by atoms with van der Waals surface area (Å²) in [4.78, 5) is 23.0. The number of carbonyl (C=O) groups excluding carboxylic acids is 2. The van der Waals surface area contributed by atoms with Crippen LogP contribution in [0.3, 0.4) is 0 Å². The maximum atomic E-state index is 11.7. The van der Waals surface area contributed by atoms with E-state index in [0.717, 1.165) is 12.0 Å². The lowest BCUT2D eigenvalue weighted by molar-refractivity contribution is -0.166. The van der Waals surface area contributed by atoms with Crippen molar-refractivity contribution in [3.05, 3.63) is 17.4 Å². The van der Waals surface area contributed by atoms with Crippen molar-refractivity contribution in [2.45, 2.75) is 79.2 Å². The Morgan fingerprint density at radius 2 is 1.83 bits per heavy atom. The normalized spacial score (nSPS) is 12.7. The van der Waals surface area contributed by atoms with Gasteiger partial charge in [-0.15, -0.1) is 5.73 Å². The lowest BCUT2D eigenvalue weighted by Gasteiger charge is -2.11. The summed E-state index contributed by atoms with van der Waals surface area (Å²) in [6, 6.07) is 0. The fraction of sp³-hybridized carbons (Fsp3) is 0.737. The van der Waals surface area contributed by atoms with Crippen LogP contribution in [-0.4, -0.2) is 24.6 Å². The molecule has 0 aliphatic rings. The molecule has 0 saturated heterocycles. The van der Waals surface area contributed by atoms with Crippen LogP contribution in [-0.2, 0) is 19.1 Å². The average molecular weight is 324 g/mol. The highest BCUT2D eigenvalue weighted by molar-refractivity contribution is 5.78. The summed E-state index contributed by atoms with van der Waals surface area (Å²) in [6.45, 7) is 9.95. The number of rotatable bonds is 11. The summed E-state index contributed by atoms with van der Waals surface area (Å²) in [6.07, 6.45) is 6.73. The summed E-state index contributed by atoms with van der Waals surface area (Å²) in [5, 5.41) is 0. The minimum Gasteiger partial charge on any atom is -0.463 e. The molecule has 4 heteroatoms. The molecule has 0 rings (SSSR count). The van der Waals surface area contributed by atoms with Gasteiger partial charge in [0.05, 0.1) is 6.61 Å². The van der Waals surface area contributed by atoms with Crippen molar-refractivity contribution in [2.24, 2.45) is 5.92 Å². The third-order valence-electron chi connectivity index (χ3n) is 3.49. The second kappa shape index (κ2) is 13.0. The number of allylic oxidation sites excluding steroid dienone is 1. The van der Waals surface area contributed by atoms with Gasteiger partial charge in [0.25, 0.3) is 0 Å². The minimum absolute atomic E-state index is 0.285. The van der Waals surface area contributed by atoms with Crippen molar-refractivity contribution < 1.29 is 19.1 Å². The predicted octanol–water partition coefficient (Wildman–Crippen LogP) is 4.58. The van der Waals surface area contributed by atoms with Gasteiger partial charge in [0, 0.05) is 6.42 Å². The van der Waals surface area contributed by atoms with Crippen LogP contribution in [0.25, 0.3) is 0 Å². The topological polar surface area (TPSA) is 52.6 Å². The average Bonchev–Trinajstić information content (AvgIpc) is 2.50. The third kappa shape index (κ3) is 11.7. The molecule has 0 bridgehead atoms. The van der Waals surface area contributed by atoms with Crippen molar-refractivity contribution in [3.8, 4) is 0 Å². The van der Waals surface area contributed by atoms with Crippen molar-refractivity contribution in [1.29, 1.82) is 0 Å². The van der Waals surface area contributed by atoms with Crippen LogP contribution in [0, 0.1) is 5.92 Å². The highest BCUT2D eigenvalue weighted by Crippen LogP contribution is 2.11. The van der Waals surface area contributed by atoms with E-state index >= 15 is 0 Å². The smallest absolute Gasteiger partial charge is 0.347 e. The number of ether oxygens (including phenoxy) is 2. The quantitative estimate of drug-likeness (QED) is 0.412. The molecule has 0 aliphatic heterocycles. The first-order valence-corrected chi connectivity index (χ1v) is 8.69. The Labute approximate surface area is 140 Å². The number of esters is 2. The van der Waals surface area contributed by atoms with E-state index in [4.69, 9.17) is 9.47 Å². The van der Waals surface area contributed by atoms with Crippen molar-refractivity contribution in [1.82, 2.24) is 0 Å². The molecule has 0 aromatic carbocycles. The molecule has 0 aromatic heterocycles. The zero-order chi connectivity index (χ0) is 17.7. The van der Waals surface area contributed by atoms with Gasteiger partial charge in [0.15, 0.2) is 6.10 Å². The molecule has 0 heterocycles. The van der Waals surface area contributed by atoms with Gasteiger partial charge < -0.3 is 9.47 Å². The van der Waals surface area contributed by atoms with Gasteiger partial charge in [0.1, 0.15) is 0 Å². The number of unbranched alkanes of at least 4 members (excludes halogenated alkanes) is 1. The second-order valence-corrected chi connectivity index (χ2v) is 5.95. The second-order valence-electron chi connectivity index (χ2n) is 5.95. The monoisotopic (exact) mass is 324 g/mol. The van der Waals surface area contributed by atoms with Gasteiger partial charge in [0.2, 0.25) is 0 Å². The van der Waals surface area contributed by atoms with E-state index in [0.29, 0.717) is 18.8 Å². The lowest BCUT2D eigenvalue weighted by Crippen LogP contribution is -2.26. The molecule has 2 unspecified atom stereocenters. The summed E-state index contributed by atoms with van der Waals surface area (Å²) < 4.78 is 9.83. The lowest BCUT2D eigenvalue weighted by atomic mass is 10.0. The standard InChI is InChI=1S/C19H32O4/c1-6-8-10-15(3)13-14-16(4)11-9-12-18(20)23-17(5)19(21)22-7-2/h13,15,17H,6-12H2,1-5H3. The van der Waals surface area contributed by atoms with E-state index in [1.807, 2.05) is 6.92 Å². The van der Waals surface area contributed by atoms with E-state index in [9.17, 15) is 9.59 Å².